The van der Waals surface area contributed by atoms with Crippen LogP contribution in [0.5, 0.6) is 0 Å². The van der Waals surface area contributed by atoms with Gasteiger partial charge in [0, 0.05) is 0 Å². The smallest absolute Gasteiger partial charge is 0.100 e. The van der Waals surface area contributed by atoms with Gasteiger partial charge in [0.05, 0.1) is 0 Å². The zero-order chi connectivity index (χ0) is 13.3. The Labute approximate surface area is 113 Å². The molecule has 108 valence electrons. The van der Waals surface area contributed by atoms with Crippen molar-refractivity contribution < 1.29 is 10.1 Å². The molecular formula is C16H32O2. The monoisotopic (exact) mass is 256 g/mol. The second kappa shape index (κ2) is 16.7. The summed E-state index contributed by atoms with van der Waals surface area (Å²) in [5.74, 6) is 0. The lowest BCUT2D eigenvalue weighted by Gasteiger charge is -2.01. The molecule has 0 rings (SSSR count). The molecule has 0 unspecified atom stereocenters. The molecule has 0 radical (unpaired) electrons. The topological polar surface area (TPSA) is 29.5 Å². The van der Waals surface area contributed by atoms with Gasteiger partial charge in [0.15, 0.2) is 0 Å². The Morgan fingerprint density at radius 1 is 0.722 bits per heavy atom. The molecule has 0 aromatic carbocycles. The number of allylic oxidation sites excluding steroid dienone is 1. The molecule has 2 nitrogen and oxygen atoms in total. The molecule has 0 fully saturated rings. The van der Waals surface area contributed by atoms with E-state index in [0.717, 1.165) is 6.42 Å². The molecule has 0 amide bonds. The summed E-state index contributed by atoms with van der Waals surface area (Å²) in [6.45, 7) is 2.59. The normalized spacial score (nSPS) is 11.4. The van der Waals surface area contributed by atoms with E-state index < -0.39 is 0 Å². The lowest BCUT2D eigenvalue weighted by molar-refractivity contribution is -0.231. The van der Waals surface area contributed by atoms with Crippen LogP contribution in [0, 0.1) is 0 Å². The van der Waals surface area contributed by atoms with E-state index in [9.17, 15) is 0 Å². The Hall–Kier alpha value is -0.340. The molecule has 18 heavy (non-hydrogen) atoms. The third-order valence-electron chi connectivity index (χ3n) is 3.31. The number of hydrogen-bond acceptors (Lipinski definition) is 2. The number of rotatable bonds is 14. The Morgan fingerprint density at radius 3 is 1.72 bits per heavy atom. The minimum Gasteiger partial charge on any atom is -0.252 e. The summed E-state index contributed by atoms with van der Waals surface area (Å²) in [7, 11) is 0. The minimum absolute atomic E-state index is 0.317. The van der Waals surface area contributed by atoms with Crippen molar-refractivity contribution in [3.05, 3.63) is 12.2 Å². The van der Waals surface area contributed by atoms with E-state index in [1.807, 2.05) is 6.08 Å². The van der Waals surface area contributed by atoms with E-state index in [1.165, 1.54) is 70.6 Å². The molecule has 0 aliphatic heterocycles. The van der Waals surface area contributed by atoms with Gasteiger partial charge in [-0.2, -0.15) is 0 Å². The van der Waals surface area contributed by atoms with Crippen LogP contribution in [-0.4, -0.2) is 11.9 Å². The summed E-state index contributed by atoms with van der Waals surface area (Å²) in [4.78, 5) is 3.96. The van der Waals surface area contributed by atoms with Gasteiger partial charge >= 0.3 is 0 Å². The maximum Gasteiger partial charge on any atom is 0.100 e. The summed E-state index contributed by atoms with van der Waals surface area (Å²) < 4.78 is 0. The van der Waals surface area contributed by atoms with Gasteiger partial charge in [0.1, 0.15) is 6.61 Å². The zero-order valence-corrected chi connectivity index (χ0v) is 12.2. The highest BCUT2D eigenvalue weighted by Gasteiger charge is 1.92. The highest BCUT2D eigenvalue weighted by atomic mass is 17.1. The van der Waals surface area contributed by atoms with Crippen LogP contribution in [0.1, 0.15) is 84.0 Å². The van der Waals surface area contributed by atoms with Crippen molar-refractivity contribution in [2.75, 3.05) is 6.61 Å². The van der Waals surface area contributed by atoms with Crippen LogP contribution in [0.3, 0.4) is 0 Å². The second-order valence-electron chi connectivity index (χ2n) is 5.09. The van der Waals surface area contributed by atoms with Gasteiger partial charge in [-0.05, 0) is 12.8 Å². The van der Waals surface area contributed by atoms with E-state index >= 15 is 0 Å². The maximum atomic E-state index is 8.11. The minimum atomic E-state index is 0.317. The first kappa shape index (κ1) is 17.7. The number of hydrogen-bond donors (Lipinski definition) is 1. The molecule has 0 bridgehead atoms. The predicted molar refractivity (Wildman–Crippen MR) is 78.8 cm³/mol. The van der Waals surface area contributed by atoms with Crippen LogP contribution in [0.2, 0.25) is 0 Å². The van der Waals surface area contributed by atoms with E-state index in [2.05, 4.69) is 17.9 Å². The highest BCUT2D eigenvalue weighted by Crippen LogP contribution is 2.11. The quantitative estimate of drug-likeness (QED) is 0.186. The molecule has 0 atom stereocenters. The fraction of sp³-hybridized carbons (Fsp3) is 0.875. The molecule has 0 heterocycles. The van der Waals surface area contributed by atoms with Crippen molar-refractivity contribution in [1.29, 1.82) is 0 Å². The molecule has 0 saturated heterocycles. The van der Waals surface area contributed by atoms with E-state index in [4.69, 9.17) is 5.26 Å². The van der Waals surface area contributed by atoms with Crippen molar-refractivity contribution in [2.45, 2.75) is 84.0 Å². The van der Waals surface area contributed by atoms with Crippen LogP contribution in [-0.2, 0) is 4.89 Å². The van der Waals surface area contributed by atoms with Gasteiger partial charge in [0.2, 0.25) is 0 Å². The van der Waals surface area contributed by atoms with Gasteiger partial charge < -0.3 is 0 Å². The number of unbranched alkanes of at least 4 members (excludes halogenated alkanes) is 11. The van der Waals surface area contributed by atoms with Crippen LogP contribution < -0.4 is 0 Å². The Balaban J connectivity index is 2.94. The summed E-state index contributed by atoms with van der Waals surface area (Å²) in [5, 5.41) is 8.11. The Kier molecular flexibility index (Phi) is 16.3. The SMILES string of the molecule is CCCCCCCCCCCCC/C=C/COO. The average molecular weight is 256 g/mol. The fourth-order valence-electron chi connectivity index (χ4n) is 2.16. The Morgan fingerprint density at radius 2 is 1.22 bits per heavy atom. The molecular weight excluding hydrogens is 224 g/mol. The average Bonchev–Trinajstić information content (AvgIpc) is 2.39. The Bertz CT molecular complexity index is 166. The van der Waals surface area contributed by atoms with Crippen LogP contribution in [0.25, 0.3) is 0 Å². The van der Waals surface area contributed by atoms with Gasteiger partial charge in [0.25, 0.3) is 0 Å². The van der Waals surface area contributed by atoms with Crippen molar-refractivity contribution in [1.82, 2.24) is 0 Å². The van der Waals surface area contributed by atoms with Gasteiger partial charge in [-0.25, -0.2) is 4.89 Å². The summed E-state index contributed by atoms with van der Waals surface area (Å²) in [5.41, 5.74) is 0. The third-order valence-corrected chi connectivity index (χ3v) is 3.31. The van der Waals surface area contributed by atoms with Gasteiger partial charge in [-0.15, -0.1) is 0 Å². The highest BCUT2D eigenvalue weighted by molar-refractivity contribution is 4.80. The van der Waals surface area contributed by atoms with Crippen molar-refractivity contribution >= 4 is 0 Å². The second-order valence-corrected chi connectivity index (χ2v) is 5.09. The lowest BCUT2D eigenvalue weighted by atomic mass is 10.1. The first-order valence-corrected chi connectivity index (χ1v) is 7.83. The maximum absolute atomic E-state index is 8.11. The van der Waals surface area contributed by atoms with Gasteiger partial charge in [-0.3, -0.25) is 5.26 Å². The first-order chi connectivity index (χ1) is 8.91. The molecule has 0 aliphatic rings. The van der Waals surface area contributed by atoms with E-state index in [0.29, 0.717) is 6.61 Å². The molecule has 2 heteroatoms. The van der Waals surface area contributed by atoms with Crippen molar-refractivity contribution in [2.24, 2.45) is 0 Å². The van der Waals surface area contributed by atoms with Gasteiger partial charge in [-0.1, -0.05) is 83.3 Å². The van der Waals surface area contributed by atoms with Crippen LogP contribution in [0.4, 0.5) is 0 Å². The molecule has 1 N–H and O–H groups in total. The van der Waals surface area contributed by atoms with Crippen molar-refractivity contribution in [3.8, 4) is 0 Å². The third kappa shape index (κ3) is 15.7. The van der Waals surface area contributed by atoms with E-state index in [1.54, 1.807) is 0 Å². The van der Waals surface area contributed by atoms with E-state index in [-0.39, 0.29) is 0 Å². The summed E-state index contributed by atoms with van der Waals surface area (Å²) in [6, 6.07) is 0. The molecule has 0 aromatic rings. The predicted octanol–water partition coefficient (Wildman–Crippen LogP) is 5.73. The largest absolute Gasteiger partial charge is 0.252 e. The van der Waals surface area contributed by atoms with Crippen LogP contribution >= 0.6 is 0 Å². The first-order valence-electron chi connectivity index (χ1n) is 7.83. The van der Waals surface area contributed by atoms with Crippen LogP contribution in [0.15, 0.2) is 12.2 Å². The molecule has 0 saturated carbocycles. The molecule has 0 aromatic heterocycles. The summed E-state index contributed by atoms with van der Waals surface area (Å²) in [6.07, 6.45) is 20.3. The zero-order valence-electron chi connectivity index (χ0n) is 12.2. The van der Waals surface area contributed by atoms with Crippen molar-refractivity contribution in [3.63, 3.8) is 0 Å². The lowest BCUT2D eigenvalue weighted by Crippen LogP contribution is -1.83. The summed E-state index contributed by atoms with van der Waals surface area (Å²) >= 11 is 0. The molecule has 0 aliphatic carbocycles. The standard InChI is InChI=1S/C16H32O2/c1-2-3-4-5-6-7-8-9-10-11-12-13-14-15-16-18-17/h14-15,17H,2-13,16H2,1H3/b15-14+. The fourth-order valence-corrected chi connectivity index (χ4v) is 2.16. The molecule has 0 spiro atoms.